The van der Waals surface area contributed by atoms with Crippen molar-refractivity contribution in [2.24, 2.45) is 0 Å². The van der Waals surface area contributed by atoms with Crippen LogP contribution in [0.1, 0.15) is 11.1 Å². The Bertz CT molecular complexity index is 880. The van der Waals surface area contributed by atoms with Crippen LogP contribution in [-0.2, 0) is 13.2 Å². The topological polar surface area (TPSA) is 47.0 Å². The highest BCUT2D eigenvalue weighted by atomic mass is 19.2. The number of hydrogen-bond donors (Lipinski definition) is 1. The SMILES string of the molecule is Fc1nc(F)c(F)c(NCc2cccnc2OCc2ccccc2)c1F. The Morgan fingerprint density at radius 2 is 1.58 bits per heavy atom. The van der Waals surface area contributed by atoms with E-state index >= 15 is 0 Å². The van der Waals surface area contributed by atoms with E-state index in [-0.39, 0.29) is 19.0 Å². The Hall–Kier alpha value is -3.16. The highest BCUT2D eigenvalue weighted by Gasteiger charge is 2.20. The molecule has 0 saturated carbocycles. The van der Waals surface area contributed by atoms with Crippen LogP contribution in [0.2, 0.25) is 0 Å². The lowest BCUT2D eigenvalue weighted by molar-refractivity contribution is 0.290. The number of nitrogens with zero attached hydrogens (tertiary/aromatic N) is 2. The zero-order valence-electron chi connectivity index (χ0n) is 13.3. The van der Waals surface area contributed by atoms with E-state index in [1.165, 1.54) is 6.20 Å². The molecule has 4 nitrogen and oxygen atoms in total. The van der Waals surface area contributed by atoms with Gasteiger partial charge in [-0.2, -0.15) is 22.5 Å². The van der Waals surface area contributed by atoms with Crippen molar-refractivity contribution >= 4 is 5.69 Å². The summed E-state index contributed by atoms with van der Waals surface area (Å²) in [6.07, 6.45) is 1.50. The lowest BCUT2D eigenvalue weighted by atomic mass is 10.2. The van der Waals surface area contributed by atoms with E-state index in [0.717, 1.165) is 5.56 Å². The average Bonchev–Trinajstić information content (AvgIpc) is 2.66. The summed E-state index contributed by atoms with van der Waals surface area (Å²) in [5.41, 5.74) is 0.431. The third-order valence-electron chi connectivity index (χ3n) is 3.52. The first-order valence-electron chi connectivity index (χ1n) is 7.60. The van der Waals surface area contributed by atoms with Gasteiger partial charge >= 0.3 is 0 Å². The number of ether oxygens (including phenoxy) is 1. The standard InChI is InChI=1S/C18H13F4N3O/c19-13-15(14(20)17(22)25-16(13)21)24-9-12-7-4-8-23-18(12)26-10-11-5-2-1-3-6-11/h1-8H,9-10H2,(H,24,25). The molecule has 2 aromatic heterocycles. The molecule has 0 fully saturated rings. The van der Waals surface area contributed by atoms with Crippen molar-refractivity contribution in [1.82, 2.24) is 9.97 Å². The van der Waals surface area contributed by atoms with Crippen molar-refractivity contribution in [2.75, 3.05) is 5.32 Å². The highest BCUT2D eigenvalue weighted by molar-refractivity contribution is 5.46. The number of rotatable bonds is 6. The summed E-state index contributed by atoms with van der Waals surface area (Å²) in [7, 11) is 0. The minimum atomic E-state index is -1.72. The Balaban J connectivity index is 1.75. The summed E-state index contributed by atoms with van der Waals surface area (Å²) in [4.78, 5) is 6.58. The van der Waals surface area contributed by atoms with Gasteiger partial charge in [-0.1, -0.05) is 36.4 Å². The molecule has 26 heavy (non-hydrogen) atoms. The molecule has 8 heteroatoms. The van der Waals surface area contributed by atoms with Gasteiger partial charge in [0.25, 0.3) is 11.9 Å². The Labute approximate surface area is 146 Å². The molecule has 0 amide bonds. The fourth-order valence-corrected chi connectivity index (χ4v) is 2.24. The molecule has 0 bridgehead atoms. The number of halogens is 4. The molecule has 0 spiro atoms. The average molecular weight is 363 g/mol. The minimum absolute atomic E-state index is 0.158. The van der Waals surface area contributed by atoms with E-state index in [1.54, 1.807) is 12.1 Å². The predicted octanol–water partition coefficient (Wildman–Crippen LogP) is 4.22. The van der Waals surface area contributed by atoms with Crippen LogP contribution in [0.4, 0.5) is 23.2 Å². The Kier molecular flexibility index (Phi) is 5.31. The molecule has 0 atom stereocenters. The summed E-state index contributed by atoms with van der Waals surface area (Å²) >= 11 is 0. The van der Waals surface area contributed by atoms with E-state index in [2.05, 4.69) is 15.3 Å². The van der Waals surface area contributed by atoms with Gasteiger partial charge in [-0.25, -0.2) is 4.98 Å². The number of benzene rings is 1. The van der Waals surface area contributed by atoms with Crippen molar-refractivity contribution in [3.8, 4) is 5.88 Å². The smallest absolute Gasteiger partial charge is 0.253 e. The lowest BCUT2D eigenvalue weighted by Gasteiger charge is -2.13. The van der Waals surface area contributed by atoms with E-state index in [9.17, 15) is 17.6 Å². The van der Waals surface area contributed by atoms with Gasteiger partial charge in [0.1, 0.15) is 12.3 Å². The van der Waals surface area contributed by atoms with Crippen LogP contribution in [0.5, 0.6) is 5.88 Å². The molecule has 1 N–H and O–H groups in total. The van der Waals surface area contributed by atoms with Gasteiger partial charge in [0.2, 0.25) is 17.5 Å². The molecule has 0 radical (unpaired) electrons. The van der Waals surface area contributed by atoms with E-state index < -0.39 is 29.2 Å². The summed E-state index contributed by atoms with van der Waals surface area (Å²) in [5, 5.41) is 2.33. The molecule has 2 heterocycles. The molecule has 0 aliphatic carbocycles. The zero-order chi connectivity index (χ0) is 18.5. The molecule has 0 saturated heterocycles. The van der Waals surface area contributed by atoms with Gasteiger partial charge < -0.3 is 10.1 Å². The number of nitrogens with one attached hydrogen (secondary N) is 1. The van der Waals surface area contributed by atoms with Gasteiger partial charge in [-0.3, -0.25) is 0 Å². The zero-order valence-corrected chi connectivity index (χ0v) is 13.3. The largest absolute Gasteiger partial charge is 0.473 e. The summed E-state index contributed by atoms with van der Waals surface area (Å²) in [6, 6.07) is 12.5. The third-order valence-corrected chi connectivity index (χ3v) is 3.52. The monoisotopic (exact) mass is 363 g/mol. The quantitative estimate of drug-likeness (QED) is 0.526. The highest BCUT2D eigenvalue weighted by Crippen LogP contribution is 2.24. The van der Waals surface area contributed by atoms with Gasteiger partial charge in [-0.15, -0.1) is 0 Å². The van der Waals surface area contributed by atoms with Crippen LogP contribution in [-0.4, -0.2) is 9.97 Å². The van der Waals surface area contributed by atoms with Crippen molar-refractivity contribution in [2.45, 2.75) is 13.2 Å². The maximum absolute atomic E-state index is 13.7. The minimum Gasteiger partial charge on any atom is -0.473 e. The molecule has 0 aliphatic rings. The molecule has 3 rings (SSSR count). The predicted molar refractivity (Wildman–Crippen MR) is 86.4 cm³/mol. The van der Waals surface area contributed by atoms with Gasteiger partial charge in [0.15, 0.2) is 0 Å². The molecule has 0 aliphatic heterocycles. The number of hydrogen-bond acceptors (Lipinski definition) is 4. The van der Waals surface area contributed by atoms with E-state index in [1.807, 2.05) is 30.3 Å². The van der Waals surface area contributed by atoms with Crippen molar-refractivity contribution in [1.29, 1.82) is 0 Å². The first kappa shape index (κ1) is 17.7. The van der Waals surface area contributed by atoms with Crippen molar-refractivity contribution in [3.63, 3.8) is 0 Å². The van der Waals surface area contributed by atoms with Crippen molar-refractivity contribution < 1.29 is 22.3 Å². The van der Waals surface area contributed by atoms with Gasteiger partial charge in [-0.05, 0) is 11.6 Å². The Morgan fingerprint density at radius 3 is 2.27 bits per heavy atom. The van der Waals surface area contributed by atoms with Crippen LogP contribution in [0.25, 0.3) is 0 Å². The molecular weight excluding hydrogens is 350 g/mol. The first-order chi connectivity index (χ1) is 12.6. The van der Waals surface area contributed by atoms with Crippen LogP contribution >= 0.6 is 0 Å². The van der Waals surface area contributed by atoms with Crippen LogP contribution in [0.15, 0.2) is 48.7 Å². The number of aromatic nitrogens is 2. The van der Waals surface area contributed by atoms with Crippen LogP contribution in [0, 0.1) is 23.5 Å². The molecule has 0 unspecified atom stereocenters. The second kappa shape index (κ2) is 7.81. The lowest BCUT2D eigenvalue weighted by Crippen LogP contribution is -2.10. The van der Waals surface area contributed by atoms with Gasteiger partial charge in [0.05, 0.1) is 0 Å². The van der Waals surface area contributed by atoms with E-state index in [4.69, 9.17) is 4.74 Å². The second-order valence-electron chi connectivity index (χ2n) is 5.29. The van der Waals surface area contributed by atoms with Crippen LogP contribution in [0.3, 0.4) is 0 Å². The van der Waals surface area contributed by atoms with Gasteiger partial charge in [0, 0.05) is 18.3 Å². The fourth-order valence-electron chi connectivity index (χ4n) is 2.24. The summed E-state index contributed by atoms with van der Waals surface area (Å²) in [6.45, 7) is 0.0841. The molecular formula is C18H13F4N3O. The molecule has 134 valence electrons. The maximum Gasteiger partial charge on any atom is 0.253 e. The van der Waals surface area contributed by atoms with Crippen molar-refractivity contribution in [3.05, 3.63) is 83.3 Å². The normalized spacial score (nSPS) is 10.6. The number of anilines is 1. The Morgan fingerprint density at radius 1 is 0.885 bits per heavy atom. The third kappa shape index (κ3) is 3.90. The molecule has 1 aromatic carbocycles. The molecule has 3 aromatic rings. The van der Waals surface area contributed by atoms with Crippen LogP contribution < -0.4 is 10.1 Å². The summed E-state index contributed by atoms with van der Waals surface area (Å²) in [5.74, 6) is -6.41. The second-order valence-corrected chi connectivity index (χ2v) is 5.29. The first-order valence-corrected chi connectivity index (χ1v) is 7.60. The maximum atomic E-state index is 13.7. The number of pyridine rings is 2. The van der Waals surface area contributed by atoms with E-state index in [0.29, 0.717) is 5.56 Å². The fraction of sp³-hybridized carbons (Fsp3) is 0.111. The summed E-state index contributed by atoms with van der Waals surface area (Å²) < 4.78 is 59.3.